The smallest absolute Gasteiger partial charge is 0.341 e. The third-order valence-electron chi connectivity index (χ3n) is 4.37. The number of fused-ring (bicyclic) bond motifs is 1. The van der Waals surface area contributed by atoms with E-state index in [1.165, 1.54) is 31.6 Å². The second kappa shape index (κ2) is 8.18. The molecule has 140 valence electrons. The number of benzene rings is 1. The van der Waals surface area contributed by atoms with E-state index in [-0.39, 0.29) is 11.5 Å². The molecule has 0 aliphatic heterocycles. The van der Waals surface area contributed by atoms with Gasteiger partial charge in [-0.05, 0) is 30.0 Å². The number of amides is 1. The van der Waals surface area contributed by atoms with E-state index in [2.05, 4.69) is 5.32 Å². The van der Waals surface area contributed by atoms with E-state index in [9.17, 15) is 14.4 Å². The average Bonchev–Trinajstić information content (AvgIpc) is 3.24. The second-order valence-electron chi connectivity index (χ2n) is 5.98. The maximum atomic E-state index is 12.3. The molecular weight excluding hydrogens is 366 g/mol. The standard InChI is InChI=1S/C20H19NO5S/c1-25-19(23)13-9-10-14-16(13)17(20(24)26-2)18(27-14)21-15(22)11-8-12-6-4-3-5-7-12/h3-8,11,13H,9-10H2,1-2H3,(H,21,22)/b11-8+/t13-/m1/s1. The first-order valence-corrected chi connectivity index (χ1v) is 9.22. The van der Waals surface area contributed by atoms with Crippen molar-refractivity contribution in [3.63, 3.8) is 0 Å². The molecule has 1 N–H and O–H groups in total. The van der Waals surface area contributed by atoms with Gasteiger partial charge in [-0.15, -0.1) is 11.3 Å². The van der Waals surface area contributed by atoms with Gasteiger partial charge in [0.25, 0.3) is 0 Å². The van der Waals surface area contributed by atoms with Crippen LogP contribution < -0.4 is 5.32 Å². The summed E-state index contributed by atoms with van der Waals surface area (Å²) in [5.41, 5.74) is 1.74. The van der Waals surface area contributed by atoms with Gasteiger partial charge in [0.05, 0.1) is 25.7 Å². The molecule has 7 heteroatoms. The van der Waals surface area contributed by atoms with Crippen LogP contribution in [0.4, 0.5) is 5.00 Å². The molecule has 1 aliphatic carbocycles. The highest BCUT2D eigenvalue weighted by Gasteiger charge is 2.38. The molecule has 1 aromatic heterocycles. The summed E-state index contributed by atoms with van der Waals surface area (Å²) in [4.78, 5) is 37.6. The molecule has 1 aliphatic rings. The van der Waals surface area contributed by atoms with Gasteiger partial charge in [0.1, 0.15) is 5.00 Å². The maximum Gasteiger partial charge on any atom is 0.341 e. The lowest BCUT2D eigenvalue weighted by Gasteiger charge is -2.11. The largest absolute Gasteiger partial charge is 0.469 e. The van der Waals surface area contributed by atoms with Gasteiger partial charge in [-0.3, -0.25) is 9.59 Å². The van der Waals surface area contributed by atoms with Crippen molar-refractivity contribution in [3.8, 4) is 0 Å². The van der Waals surface area contributed by atoms with Crippen LogP contribution in [0.1, 0.15) is 38.7 Å². The average molecular weight is 385 g/mol. The van der Waals surface area contributed by atoms with Crippen LogP contribution in [0, 0.1) is 0 Å². The molecule has 1 heterocycles. The van der Waals surface area contributed by atoms with Crippen molar-refractivity contribution < 1.29 is 23.9 Å². The fraction of sp³-hybridized carbons (Fsp3) is 0.250. The highest BCUT2D eigenvalue weighted by Crippen LogP contribution is 2.45. The first-order valence-electron chi connectivity index (χ1n) is 8.41. The normalized spacial score (nSPS) is 15.4. The van der Waals surface area contributed by atoms with Gasteiger partial charge in [-0.1, -0.05) is 30.3 Å². The summed E-state index contributed by atoms with van der Waals surface area (Å²) < 4.78 is 9.73. The minimum Gasteiger partial charge on any atom is -0.469 e. The Hall–Kier alpha value is -2.93. The van der Waals surface area contributed by atoms with E-state index in [4.69, 9.17) is 9.47 Å². The lowest BCUT2D eigenvalue weighted by atomic mass is 9.99. The summed E-state index contributed by atoms with van der Waals surface area (Å²) in [5.74, 6) is -1.84. The van der Waals surface area contributed by atoms with Crippen molar-refractivity contribution in [1.82, 2.24) is 0 Å². The van der Waals surface area contributed by atoms with Gasteiger partial charge in [0, 0.05) is 11.0 Å². The van der Waals surface area contributed by atoms with Crippen molar-refractivity contribution in [2.75, 3.05) is 19.5 Å². The van der Waals surface area contributed by atoms with Gasteiger partial charge in [0.15, 0.2) is 0 Å². The molecule has 1 amide bonds. The lowest BCUT2D eigenvalue weighted by molar-refractivity contribution is -0.142. The number of aryl methyl sites for hydroxylation is 1. The first kappa shape index (κ1) is 18.8. The quantitative estimate of drug-likeness (QED) is 0.630. The number of methoxy groups -OCH3 is 2. The Morgan fingerprint density at radius 3 is 2.56 bits per heavy atom. The van der Waals surface area contributed by atoms with E-state index in [0.717, 1.165) is 10.4 Å². The second-order valence-corrected chi connectivity index (χ2v) is 7.09. The Labute approximate surface area is 160 Å². The molecular formula is C20H19NO5S. The lowest BCUT2D eigenvalue weighted by Crippen LogP contribution is -2.16. The summed E-state index contributed by atoms with van der Waals surface area (Å²) >= 11 is 1.30. The SMILES string of the molecule is COC(=O)c1c(NC(=O)/C=C/c2ccccc2)sc2c1[C@H](C(=O)OC)CC2. The maximum absolute atomic E-state index is 12.3. The van der Waals surface area contributed by atoms with E-state index in [0.29, 0.717) is 23.4 Å². The number of carbonyl (C=O) groups is 3. The zero-order valence-corrected chi connectivity index (χ0v) is 15.8. The van der Waals surface area contributed by atoms with Crippen LogP contribution in [0.2, 0.25) is 0 Å². The number of thiophene rings is 1. The summed E-state index contributed by atoms with van der Waals surface area (Å²) in [6.07, 6.45) is 4.32. The van der Waals surface area contributed by atoms with E-state index >= 15 is 0 Å². The molecule has 1 aromatic carbocycles. The molecule has 0 saturated heterocycles. The highest BCUT2D eigenvalue weighted by molar-refractivity contribution is 7.17. The summed E-state index contributed by atoms with van der Waals surface area (Å²) in [5, 5.41) is 3.13. The summed E-state index contributed by atoms with van der Waals surface area (Å²) in [7, 11) is 2.59. The molecule has 0 saturated carbocycles. The van der Waals surface area contributed by atoms with Gasteiger partial charge >= 0.3 is 11.9 Å². The number of esters is 2. The third-order valence-corrected chi connectivity index (χ3v) is 5.55. The zero-order valence-electron chi connectivity index (χ0n) is 15.0. The van der Waals surface area contributed by atoms with E-state index < -0.39 is 17.9 Å². The van der Waals surface area contributed by atoms with Crippen molar-refractivity contribution in [2.24, 2.45) is 0 Å². The van der Waals surface area contributed by atoms with Crippen molar-refractivity contribution in [3.05, 3.63) is 58.0 Å². The van der Waals surface area contributed by atoms with Crippen molar-refractivity contribution in [2.45, 2.75) is 18.8 Å². The fourth-order valence-electron chi connectivity index (χ4n) is 3.13. The van der Waals surface area contributed by atoms with Crippen LogP contribution in [0.5, 0.6) is 0 Å². The van der Waals surface area contributed by atoms with Crippen LogP contribution >= 0.6 is 11.3 Å². The number of carbonyl (C=O) groups excluding carboxylic acids is 3. The van der Waals surface area contributed by atoms with Crippen molar-refractivity contribution >= 4 is 40.3 Å². The number of ether oxygens (including phenoxy) is 2. The van der Waals surface area contributed by atoms with Crippen LogP contribution in [-0.2, 0) is 25.5 Å². The highest BCUT2D eigenvalue weighted by atomic mass is 32.1. The van der Waals surface area contributed by atoms with Gasteiger partial charge in [-0.25, -0.2) is 4.79 Å². The van der Waals surface area contributed by atoms with Crippen LogP contribution in [0.3, 0.4) is 0 Å². The topological polar surface area (TPSA) is 81.7 Å². The molecule has 1 atom stereocenters. The van der Waals surface area contributed by atoms with Crippen LogP contribution in [0.25, 0.3) is 6.08 Å². The van der Waals surface area contributed by atoms with Gasteiger partial charge < -0.3 is 14.8 Å². The number of hydrogen-bond acceptors (Lipinski definition) is 6. The van der Waals surface area contributed by atoms with E-state index in [1.807, 2.05) is 30.3 Å². The van der Waals surface area contributed by atoms with Crippen LogP contribution in [-0.4, -0.2) is 32.1 Å². The molecule has 6 nitrogen and oxygen atoms in total. The molecule has 0 spiro atoms. The van der Waals surface area contributed by atoms with Crippen LogP contribution in [0.15, 0.2) is 36.4 Å². The Bertz CT molecular complexity index is 901. The minimum atomic E-state index is -0.578. The molecule has 0 bridgehead atoms. The molecule has 3 rings (SSSR count). The summed E-state index contributed by atoms with van der Waals surface area (Å²) in [6.45, 7) is 0. The third kappa shape index (κ3) is 3.93. The predicted molar refractivity (Wildman–Crippen MR) is 103 cm³/mol. The predicted octanol–water partition coefficient (Wildman–Crippen LogP) is 3.39. The van der Waals surface area contributed by atoms with Gasteiger partial charge in [0.2, 0.25) is 5.91 Å². The zero-order chi connectivity index (χ0) is 19.4. The number of anilines is 1. The summed E-state index contributed by atoms with van der Waals surface area (Å²) in [6, 6.07) is 9.41. The Balaban J connectivity index is 1.88. The number of nitrogens with one attached hydrogen (secondary N) is 1. The first-order chi connectivity index (χ1) is 13.0. The molecule has 0 radical (unpaired) electrons. The monoisotopic (exact) mass is 385 g/mol. The molecule has 0 unspecified atom stereocenters. The molecule has 0 fully saturated rings. The molecule has 2 aromatic rings. The fourth-order valence-corrected chi connectivity index (χ4v) is 4.39. The minimum absolute atomic E-state index is 0.242. The van der Waals surface area contributed by atoms with E-state index in [1.54, 1.807) is 6.08 Å². The number of rotatable bonds is 5. The molecule has 27 heavy (non-hydrogen) atoms. The van der Waals surface area contributed by atoms with Gasteiger partial charge in [-0.2, -0.15) is 0 Å². The Kier molecular flexibility index (Phi) is 5.71. The Morgan fingerprint density at radius 1 is 1.15 bits per heavy atom. The van der Waals surface area contributed by atoms with Crippen molar-refractivity contribution in [1.29, 1.82) is 0 Å². The number of hydrogen-bond donors (Lipinski definition) is 1. The Morgan fingerprint density at radius 2 is 1.89 bits per heavy atom.